The molecular formula is C6H5AsO3. The summed E-state index contributed by atoms with van der Waals surface area (Å²) in [5, 5.41) is 0. The van der Waals surface area contributed by atoms with Gasteiger partial charge in [-0.15, -0.1) is 0 Å². The van der Waals surface area contributed by atoms with Crippen molar-refractivity contribution in [3.8, 4) is 11.5 Å². The van der Waals surface area contributed by atoms with Crippen molar-refractivity contribution in [2.45, 2.75) is 0 Å². The van der Waals surface area contributed by atoms with Gasteiger partial charge in [-0.05, 0) is 0 Å². The van der Waals surface area contributed by atoms with Gasteiger partial charge >= 0.3 is 63.0 Å². The zero-order chi connectivity index (χ0) is 6.97. The molecule has 1 aliphatic rings. The molecule has 0 bridgehead atoms. The first-order valence-electron chi connectivity index (χ1n) is 2.80. The third kappa shape index (κ3) is 0.877. The van der Waals surface area contributed by atoms with Crippen LogP contribution < -0.4 is 7.45 Å². The average Bonchev–Trinajstić information content (AvgIpc) is 2.27. The van der Waals surface area contributed by atoms with Crippen LogP contribution in [0.5, 0.6) is 11.5 Å². The van der Waals surface area contributed by atoms with Crippen molar-refractivity contribution in [2.75, 3.05) is 0 Å². The van der Waals surface area contributed by atoms with Crippen LogP contribution in [0.3, 0.4) is 0 Å². The summed E-state index contributed by atoms with van der Waals surface area (Å²) in [6, 6.07) is 7.24. The molecule has 3 nitrogen and oxygen atoms in total. The van der Waals surface area contributed by atoms with E-state index < -0.39 is 15.7 Å². The Morgan fingerprint density at radius 1 is 1.10 bits per heavy atom. The van der Waals surface area contributed by atoms with Crippen LogP contribution in [-0.4, -0.2) is 19.8 Å². The molecule has 10 heavy (non-hydrogen) atoms. The molecule has 4 heteroatoms. The van der Waals surface area contributed by atoms with Gasteiger partial charge in [-0.3, -0.25) is 0 Å². The molecule has 0 saturated heterocycles. The van der Waals surface area contributed by atoms with Gasteiger partial charge in [0.05, 0.1) is 0 Å². The van der Waals surface area contributed by atoms with Gasteiger partial charge in [0.25, 0.3) is 0 Å². The van der Waals surface area contributed by atoms with E-state index in [9.17, 15) is 0 Å². The van der Waals surface area contributed by atoms with E-state index in [-0.39, 0.29) is 0 Å². The van der Waals surface area contributed by atoms with Crippen LogP contribution in [0.1, 0.15) is 0 Å². The van der Waals surface area contributed by atoms with Crippen molar-refractivity contribution in [1.29, 1.82) is 0 Å². The van der Waals surface area contributed by atoms with Crippen LogP contribution in [0, 0.1) is 0 Å². The molecule has 0 aliphatic carbocycles. The van der Waals surface area contributed by atoms with E-state index in [0.29, 0.717) is 11.5 Å². The topological polar surface area (TPSA) is 38.7 Å². The molecule has 1 aliphatic heterocycles. The summed E-state index contributed by atoms with van der Waals surface area (Å²) < 4.78 is 18.9. The second-order valence-corrected chi connectivity index (χ2v) is 3.63. The van der Waals surface area contributed by atoms with Crippen molar-refractivity contribution in [3.05, 3.63) is 24.3 Å². The van der Waals surface area contributed by atoms with Crippen molar-refractivity contribution in [3.63, 3.8) is 0 Å². The van der Waals surface area contributed by atoms with Crippen LogP contribution in [0.4, 0.5) is 0 Å². The Balaban J connectivity index is 2.42. The minimum absolute atomic E-state index is 0.657. The summed E-state index contributed by atoms with van der Waals surface area (Å²) in [5.74, 6) is 1.31. The quantitative estimate of drug-likeness (QED) is 0.617. The van der Waals surface area contributed by atoms with Crippen molar-refractivity contribution in [1.82, 2.24) is 0 Å². The van der Waals surface area contributed by atoms with E-state index in [1.54, 1.807) is 12.1 Å². The SMILES string of the molecule is O[As]1Oc2ccccc2O1. The minimum atomic E-state index is -2.40. The van der Waals surface area contributed by atoms with Crippen molar-refractivity contribution >= 4 is 15.7 Å². The summed E-state index contributed by atoms with van der Waals surface area (Å²) in [5.41, 5.74) is 0. The summed E-state index contributed by atoms with van der Waals surface area (Å²) in [6.45, 7) is 0. The van der Waals surface area contributed by atoms with E-state index in [0.717, 1.165) is 0 Å². The van der Waals surface area contributed by atoms with Crippen LogP contribution in [-0.2, 0) is 0 Å². The Morgan fingerprint density at radius 2 is 1.60 bits per heavy atom. The number of para-hydroxylation sites is 2. The number of rotatable bonds is 0. The predicted molar refractivity (Wildman–Crippen MR) is 35.7 cm³/mol. The molecule has 0 radical (unpaired) electrons. The summed E-state index contributed by atoms with van der Waals surface area (Å²) in [7, 11) is 0. The van der Waals surface area contributed by atoms with E-state index in [1.807, 2.05) is 12.1 Å². The van der Waals surface area contributed by atoms with Gasteiger partial charge in [-0.1, -0.05) is 0 Å². The molecular weight excluding hydrogens is 195 g/mol. The molecule has 0 spiro atoms. The Hall–Kier alpha value is -0.662. The molecule has 1 N–H and O–H groups in total. The fourth-order valence-corrected chi connectivity index (χ4v) is 2.21. The zero-order valence-corrected chi connectivity index (χ0v) is 6.90. The van der Waals surface area contributed by atoms with Gasteiger partial charge in [0.2, 0.25) is 0 Å². The first-order chi connectivity index (χ1) is 4.86. The Labute approximate surface area is 63.5 Å². The maximum atomic E-state index is 8.95. The third-order valence-corrected chi connectivity index (χ3v) is 2.68. The Morgan fingerprint density at radius 3 is 2.10 bits per heavy atom. The predicted octanol–water partition coefficient (Wildman–Crippen LogP) is 0.435. The molecule has 0 saturated carbocycles. The van der Waals surface area contributed by atoms with Gasteiger partial charge in [-0.2, -0.15) is 0 Å². The molecule has 1 aromatic carbocycles. The molecule has 0 amide bonds. The Bertz CT molecular complexity index is 226. The fraction of sp³-hybridized carbons (Fsp3) is 0. The van der Waals surface area contributed by atoms with E-state index in [2.05, 4.69) is 0 Å². The van der Waals surface area contributed by atoms with Gasteiger partial charge in [0.15, 0.2) is 0 Å². The Kier molecular flexibility index (Phi) is 1.33. The summed E-state index contributed by atoms with van der Waals surface area (Å²) in [6.07, 6.45) is 0. The van der Waals surface area contributed by atoms with Crippen LogP contribution in [0.15, 0.2) is 24.3 Å². The van der Waals surface area contributed by atoms with E-state index in [1.165, 1.54) is 0 Å². The average molecular weight is 200 g/mol. The summed E-state index contributed by atoms with van der Waals surface area (Å²) in [4.78, 5) is 0. The van der Waals surface area contributed by atoms with Gasteiger partial charge < -0.3 is 0 Å². The second kappa shape index (κ2) is 2.18. The van der Waals surface area contributed by atoms with E-state index in [4.69, 9.17) is 11.5 Å². The summed E-state index contributed by atoms with van der Waals surface area (Å²) >= 11 is -2.40. The molecule has 1 aromatic rings. The number of hydrogen-bond acceptors (Lipinski definition) is 3. The second-order valence-electron chi connectivity index (χ2n) is 1.87. The normalized spacial score (nSPS) is 15.7. The van der Waals surface area contributed by atoms with Gasteiger partial charge in [0.1, 0.15) is 0 Å². The maximum absolute atomic E-state index is 8.95. The fourth-order valence-electron chi connectivity index (χ4n) is 0.788. The van der Waals surface area contributed by atoms with E-state index >= 15 is 0 Å². The van der Waals surface area contributed by atoms with Crippen molar-refractivity contribution < 1.29 is 11.5 Å². The molecule has 2 rings (SSSR count). The first kappa shape index (κ1) is 6.07. The number of benzene rings is 1. The molecule has 0 atom stereocenters. The monoisotopic (exact) mass is 200 g/mol. The number of fused-ring (bicyclic) bond motifs is 1. The van der Waals surface area contributed by atoms with Gasteiger partial charge in [0, 0.05) is 0 Å². The third-order valence-electron chi connectivity index (χ3n) is 1.20. The van der Waals surface area contributed by atoms with Crippen LogP contribution >= 0.6 is 0 Å². The molecule has 52 valence electrons. The van der Waals surface area contributed by atoms with Gasteiger partial charge in [-0.25, -0.2) is 0 Å². The molecule has 1 heterocycles. The molecule has 0 unspecified atom stereocenters. The standard InChI is InChI=1S/C6H5AsO3/c8-7-9-5-3-1-2-4-6(5)10-7/h1-4,8H. The van der Waals surface area contributed by atoms with Crippen molar-refractivity contribution in [2.24, 2.45) is 0 Å². The first-order valence-corrected chi connectivity index (χ1v) is 5.17. The zero-order valence-electron chi connectivity index (χ0n) is 5.02. The molecule has 0 aromatic heterocycles. The van der Waals surface area contributed by atoms with Crippen LogP contribution in [0.25, 0.3) is 0 Å². The molecule has 0 fully saturated rings. The number of hydrogen-bond donors (Lipinski definition) is 1. The van der Waals surface area contributed by atoms with Crippen LogP contribution in [0.2, 0.25) is 0 Å².